The highest BCUT2D eigenvalue weighted by molar-refractivity contribution is 6.10. The maximum Gasteiger partial charge on any atom is 0.227 e. The number of benzene rings is 1. The number of fused-ring (bicyclic) bond motifs is 4. The summed E-state index contributed by atoms with van der Waals surface area (Å²) in [6.45, 7) is 6.35. The molecule has 1 aromatic carbocycles. The zero-order chi connectivity index (χ0) is 18.0. The Balaban J connectivity index is 1.91. The highest BCUT2D eigenvalue weighted by Crippen LogP contribution is 2.39. The van der Waals surface area contributed by atoms with Crippen LogP contribution < -0.4 is 4.57 Å². The van der Waals surface area contributed by atoms with Crippen LogP contribution in [0, 0.1) is 20.8 Å². The number of aryl methyl sites for hydroxylation is 4. The minimum Gasteiger partial charge on any atom is -0.437 e. The Hall–Kier alpha value is -2.68. The van der Waals surface area contributed by atoms with Gasteiger partial charge in [0.2, 0.25) is 11.4 Å². The number of hydrogen-bond donors (Lipinski definition) is 0. The largest absolute Gasteiger partial charge is 0.437 e. The van der Waals surface area contributed by atoms with E-state index in [1.807, 2.05) is 6.92 Å². The average molecular weight is 343 g/mol. The van der Waals surface area contributed by atoms with Crippen LogP contribution in [0.5, 0.6) is 0 Å². The van der Waals surface area contributed by atoms with Crippen molar-refractivity contribution in [3.63, 3.8) is 0 Å². The molecule has 130 valence electrons. The molecule has 26 heavy (non-hydrogen) atoms. The quantitative estimate of drug-likeness (QED) is 0.461. The van der Waals surface area contributed by atoms with Gasteiger partial charge in [0.1, 0.15) is 7.05 Å². The smallest absolute Gasteiger partial charge is 0.227 e. The minimum absolute atomic E-state index is 0.735. The molecule has 0 fully saturated rings. The topological polar surface area (TPSA) is 29.9 Å². The molecule has 0 atom stereocenters. The molecule has 3 heteroatoms. The lowest BCUT2D eigenvalue weighted by molar-refractivity contribution is -0.667. The maximum atomic E-state index is 6.33. The van der Waals surface area contributed by atoms with Gasteiger partial charge in [-0.25, -0.2) is 4.98 Å². The summed E-state index contributed by atoms with van der Waals surface area (Å²) >= 11 is 0. The molecular weight excluding hydrogens is 320 g/mol. The van der Waals surface area contributed by atoms with Crippen molar-refractivity contribution in [2.45, 2.75) is 40.0 Å². The van der Waals surface area contributed by atoms with Gasteiger partial charge in [-0.15, -0.1) is 0 Å². The molecule has 0 bridgehead atoms. The van der Waals surface area contributed by atoms with E-state index in [0.29, 0.717) is 0 Å². The SMILES string of the molecule is Cc1ccc2c(n1)oc1c(-c3ccc4c([n+]3C)CCC4)c(C)cc(C)c12. The Kier molecular flexibility index (Phi) is 3.24. The lowest BCUT2D eigenvalue weighted by Gasteiger charge is -2.09. The molecule has 0 saturated carbocycles. The van der Waals surface area contributed by atoms with E-state index >= 15 is 0 Å². The van der Waals surface area contributed by atoms with Crippen LogP contribution in [0.2, 0.25) is 0 Å². The number of rotatable bonds is 1. The molecule has 1 aliphatic carbocycles. The van der Waals surface area contributed by atoms with Gasteiger partial charge in [0, 0.05) is 34.5 Å². The predicted molar refractivity (Wildman–Crippen MR) is 104 cm³/mol. The van der Waals surface area contributed by atoms with Gasteiger partial charge in [-0.05, 0) is 62.9 Å². The predicted octanol–water partition coefficient (Wildman–Crippen LogP) is 4.89. The number of furan rings is 1. The molecule has 0 saturated heterocycles. The lowest BCUT2D eigenvalue weighted by atomic mass is 9.96. The Morgan fingerprint density at radius 3 is 2.69 bits per heavy atom. The molecule has 0 aliphatic heterocycles. The van der Waals surface area contributed by atoms with Crippen molar-refractivity contribution < 1.29 is 8.98 Å². The molecule has 5 rings (SSSR count). The molecule has 0 radical (unpaired) electrons. The second-order valence-electron chi connectivity index (χ2n) is 7.60. The first-order chi connectivity index (χ1) is 12.5. The van der Waals surface area contributed by atoms with Crippen molar-refractivity contribution in [3.8, 4) is 11.3 Å². The molecule has 3 nitrogen and oxygen atoms in total. The van der Waals surface area contributed by atoms with E-state index in [2.05, 4.69) is 60.8 Å². The number of hydrogen-bond acceptors (Lipinski definition) is 2. The van der Waals surface area contributed by atoms with Crippen molar-refractivity contribution in [3.05, 3.63) is 58.4 Å². The summed E-state index contributed by atoms with van der Waals surface area (Å²) in [6, 6.07) is 11.0. The van der Waals surface area contributed by atoms with Crippen LogP contribution in [0.1, 0.15) is 34.5 Å². The first kappa shape index (κ1) is 15.6. The van der Waals surface area contributed by atoms with Gasteiger partial charge in [0.15, 0.2) is 11.3 Å². The van der Waals surface area contributed by atoms with Crippen LogP contribution in [0.15, 0.2) is 34.7 Å². The monoisotopic (exact) mass is 343 g/mol. The van der Waals surface area contributed by atoms with E-state index in [9.17, 15) is 0 Å². The van der Waals surface area contributed by atoms with Gasteiger partial charge >= 0.3 is 0 Å². The number of aromatic nitrogens is 2. The normalized spacial score (nSPS) is 13.7. The van der Waals surface area contributed by atoms with Crippen molar-refractivity contribution in [2.24, 2.45) is 7.05 Å². The fourth-order valence-corrected chi connectivity index (χ4v) is 4.61. The molecule has 3 aromatic heterocycles. The maximum absolute atomic E-state index is 6.33. The Bertz CT molecular complexity index is 1200. The van der Waals surface area contributed by atoms with E-state index in [-0.39, 0.29) is 0 Å². The fraction of sp³-hybridized carbons (Fsp3) is 0.304. The van der Waals surface area contributed by atoms with E-state index in [4.69, 9.17) is 4.42 Å². The highest BCUT2D eigenvalue weighted by Gasteiger charge is 2.27. The molecule has 1 aliphatic rings. The average Bonchev–Trinajstić information content (AvgIpc) is 3.21. The van der Waals surface area contributed by atoms with E-state index in [0.717, 1.165) is 28.8 Å². The summed E-state index contributed by atoms with van der Waals surface area (Å²) in [5, 5.41) is 2.29. The van der Waals surface area contributed by atoms with E-state index < -0.39 is 0 Å². The minimum atomic E-state index is 0.735. The third-order valence-electron chi connectivity index (χ3n) is 5.84. The first-order valence-electron chi connectivity index (χ1n) is 9.36. The van der Waals surface area contributed by atoms with Crippen LogP contribution in [0.3, 0.4) is 0 Å². The molecule has 0 unspecified atom stereocenters. The molecular formula is C23H23N2O+. The molecule has 0 amide bonds. The van der Waals surface area contributed by atoms with Gasteiger partial charge in [0.25, 0.3) is 0 Å². The van der Waals surface area contributed by atoms with Crippen LogP contribution in [-0.4, -0.2) is 4.98 Å². The first-order valence-corrected chi connectivity index (χ1v) is 9.36. The Morgan fingerprint density at radius 2 is 1.85 bits per heavy atom. The van der Waals surface area contributed by atoms with Crippen molar-refractivity contribution in [2.75, 3.05) is 0 Å². The molecule has 0 spiro atoms. The fourth-order valence-electron chi connectivity index (χ4n) is 4.61. The van der Waals surface area contributed by atoms with E-state index in [1.54, 1.807) is 0 Å². The zero-order valence-electron chi connectivity index (χ0n) is 15.8. The summed E-state index contributed by atoms with van der Waals surface area (Å²) < 4.78 is 8.70. The van der Waals surface area contributed by atoms with Gasteiger partial charge < -0.3 is 4.42 Å². The number of pyridine rings is 2. The van der Waals surface area contributed by atoms with Crippen molar-refractivity contribution in [1.82, 2.24) is 4.98 Å². The number of nitrogens with zero attached hydrogens (tertiary/aromatic N) is 2. The highest BCUT2D eigenvalue weighted by atomic mass is 16.3. The van der Waals surface area contributed by atoms with E-state index in [1.165, 1.54) is 51.9 Å². The summed E-state index contributed by atoms with van der Waals surface area (Å²) in [7, 11) is 2.19. The van der Waals surface area contributed by atoms with Crippen molar-refractivity contribution >= 4 is 22.1 Å². The van der Waals surface area contributed by atoms with Crippen molar-refractivity contribution in [1.29, 1.82) is 0 Å². The van der Waals surface area contributed by atoms with Gasteiger partial charge in [0.05, 0.1) is 5.56 Å². The van der Waals surface area contributed by atoms with Crippen LogP contribution in [-0.2, 0) is 19.9 Å². The third kappa shape index (κ3) is 2.06. The lowest BCUT2D eigenvalue weighted by Crippen LogP contribution is -2.36. The summed E-state index contributed by atoms with van der Waals surface area (Å²) in [5.41, 5.74) is 10.5. The van der Waals surface area contributed by atoms with Crippen LogP contribution in [0.4, 0.5) is 0 Å². The van der Waals surface area contributed by atoms with Gasteiger partial charge in [-0.3, -0.25) is 0 Å². The van der Waals surface area contributed by atoms with Gasteiger partial charge in [-0.1, -0.05) is 6.07 Å². The summed E-state index contributed by atoms with van der Waals surface area (Å²) in [6.07, 6.45) is 3.61. The summed E-state index contributed by atoms with van der Waals surface area (Å²) in [4.78, 5) is 4.63. The van der Waals surface area contributed by atoms with Crippen LogP contribution in [0.25, 0.3) is 33.3 Å². The third-order valence-corrected chi connectivity index (χ3v) is 5.84. The Morgan fingerprint density at radius 1 is 1.00 bits per heavy atom. The second-order valence-corrected chi connectivity index (χ2v) is 7.60. The van der Waals surface area contributed by atoms with Gasteiger partial charge in [-0.2, -0.15) is 4.57 Å². The second kappa shape index (κ2) is 5.41. The Labute approximate surface area is 153 Å². The van der Waals surface area contributed by atoms with Crippen LogP contribution >= 0.6 is 0 Å². The standard InChI is InChI=1S/C23H23N2O/c1-13-12-14(2)21(19-11-9-16-6-5-7-18(16)25(19)4)22-20(13)17-10-8-15(3)24-23(17)26-22/h8-12H,5-7H2,1-4H3/q+1. The molecule has 4 aromatic rings. The molecule has 0 N–H and O–H groups in total. The summed E-state index contributed by atoms with van der Waals surface area (Å²) in [5.74, 6) is 0. The zero-order valence-corrected chi connectivity index (χ0v) is 15.8. The molecule has 3 heterocycles.